The summed E-state index contributed by atoms with van der Waals surface area (Å²) >= 11 is 5.88. The SMILES string of the molecule is COC(=O)c1cc(NC(=O)c2cc([N+](=O)[O-])cc([N+](=O)[O-])c2Cl)cc(C(=O)OC)c1. The zero-order valence-corrected chi connectivity index (χ0v) is 16.1. The van der Waals surface area contributed by atoms with Crippen LogP contribution in [0.15, 0.2) is 30.3 Å². The van der Waals surface area contributed by atoms with Crippen molar-refractivity contribution in [3.05, 3.63) is 72.3 Å². The topological polar surface area (TPSA) is 168 Å². The number of anilines is 1. The average Bonchev–Trinajstić information content (AvgIpc) is 2.71. The quantitative estimate of drug-likeness (QED) is 0.405. The fourth-order valence-electron chi connectivity index (χ4n) is 2.37. The van der Waals surface area contributed by atoms with E-state index in [0.717, 1.165) is 32.4 Å². The third-order valence-corrected chi connectivity index (χ3v) is 4.12. The number of nitrogens with zero attached hydrogens (tertiary/aromatic N) is 2. The first-order valence-corrected chi connectivity index (χ1v) is 8.22. The van der Waals surface area contributed by atoms with Crippen LogP contribution in [0.1, 0.15) is 31.1 Å². The number of nitro benzene ring substituents is 2. The minimum Gasteiger partial charge on any atom is -0.465 e. The van der Waals surface area contributed by atoms with E-state index in [4.69, 9.17) is 11.6 Å². The number of non-ortho nitro benzene ring substituents is 1. The van der Waals surface area contributed by atoms with E-state index in [9.17, 15) is 34.6 Å². The number of amides is 1. The Kier molecular flexibility index (Phi) is 6.64. The van der Waals surface area contributed by atoms with E-state index in [1.54, 1.807) is 0 Å². The van der Waals surface area contributed by atoms with Gasteiger partial charge in [0.05, 0.1) is 46.8 Å². The van der Waals surface area contributed by atoms with Crippen LogP contribution < -0.4 is 5.32 Å². The van der Waals surface area contributed by atoms with Gasteiger partial charge in [-0.25, -0.2) is 9.59 Å². The number of benzene rings is 2. The van der Waals surface area contributed by atoms with Crippen molar-refractivity contribution in [1.29, 1.82) is 0 Å². The first-order chi connectivity index (χ1) is 14.1. The van der Waals surface area contributed by atoms with Crippen LogP contribution in [0.3, 0.4) is 0 Å². The molecule has 0 unspecified atom stereocenters. The molecule has 0 saturated heterocycles. The Balaban J connectivity index is 2.54. The lowest BCUT2D eigenvalue weighted by Gasteiger charge is -2.10. The molecular formula is C17H12ClN3O9. The monoisotopic (exact) mass is 437 g/mol. The molecule has 0 spiro atoms. The van der Waals surface area contributed by atoms with Gasteiger partial charge in [-0.3, -0.25) is 25.0 Å². The number of nitro groups is 2. The first-order valence-electron chi connectivity index (χ1n) is 7.84. The smallest absolute Gasteiger partial charge is 0.337 e. The Morgan fingerprint density at radius 3 is 1.87 bits per heavy atom. The molecule has 13 heteroatoms. The molecule has 1 amide bonds. The number of hydrogen-bond acceptors (Lipinski definition) is 9. The van der Waals surface area contributed by atoms with E-state index in [1.807, 2.05) is 0 Å². The van der Waals surface area contributed by atoms with Gasteiger partial charge in [0.15, 0.2) is 0 Å². The lowest BCUT2D eigenvalue weighted by molar-refractivity contribution is -0.394. The number of nitrogens with one attached hydrogen (secondary N) is 1. The van der Waals surface area contributed by atoms with Crippen molar-refractivity contribution >= 4 is 46.5 Å². The van der Waals surface area contributed by atoms with Gasteiger partial charge in [-0.1, -0.05) is 11.6 Å². The van der Waals surface area contributed by atoms with Crippen LogP contribution in [0.4, 0.5) is 17.1 Å². The molecule has 1 N–H and O–H groups in total. The third-order valence-electron chi connectivity index (χ3n) is 3.72. The summed E-state index contributed by atoms with van der Waals surface area (Å²) in [5.41, 5.74) is -2.42. The second kappa shape index (κ2) is 8.96. The predicted octanol–water partition coefficient (Wildman–Crippen LogP) is 2.98. The number of ether oxygens (including phenoxy) is 2. The molecule has 0 heterocycles. The highest BCUT2D eigenvalue weighted by Gasteiger charge is 2.26. The Hall–Kier alpha value is -4.06. The second-order valence-electron chi connectivity index (χ2n) is 5.58. The molecule has 0 aliphatic rings. The van der Waals surface area contributed by atoms with E-state index >= 15 is 0 Å². The molecule has 0 aromatic heterocycles. The van der Waals surface area contributed by atoms with Gasteiger partial charge >= 0.3 is 11.9 Å². The predicted molar refractivity (Wildman–Crippen MR) is 102 cm³/mol. The number of carbonyl (C=O) groups is 3. The maximum Gasteiger partial charge on any atom is 0.337 e. The van der Waals surface area contributed by atoms with Crippen LogP contribution in [-0.4, -0.2) is 41.9 Å². The fraction of sp³-hybridized carbons (Fsp3) is 0.118. The Labute approximate surface area is 172 Å². The van der Waals surface area contributed by atoms with E-state index in [1.165, 1.54) is 6.07 Å². The van der Waals surface area contributed by atoms with E-state index in [2.05, 4.69) is 14.8 Å². The van der Waals surface area contributed by atoms with Crippen molar-refractivity contribution in [1.82, 2.24) is 0 Å². The molecule has 30 heavy (non-hydrogen) atoms. The molecule has 0 radical (unpaired) electrons. The molecule has 2 aromatic carbocycles. The minimum atomic E-state index is -1.05. The van der Waals surface area contributed by atoms with Gasteiger partial charge in [-0.15, -0.1) is 0 Å². The van der Waals surface area contributed by atoms with Gasteiger partial charge in [-0.2, -0.15) is 0 Å². The van der Waals surface area contributed by atoms with Gasteiger partial charge < -0.3 is 14.8 Å². The summed E-state index contributed by atoms with van der Waals surface area (Å²) in [5.74, 6) is -2.69. The Bertz CT molecular complexity index is 1050. The van der Waals surface area contributed by atoms with E-state index < -0.39 is 49.7 Å². The van der Waals surface area contributed by atoms with Crippen LogP contribution in [0.5, 0.6) is 0 Å². The van der Waals surface area contributed by atoms with Gasteiger partial charge in [0, 0.05) is 11.8 Å². The van der Waals surface area contributed by atoms with Crippen LogP contribution in [0, 0.1) is 20.2 Å². The van der Waals surface area contributed by atoms with Crippen molar-refractivity contribution in [3.63, 3.8) is 0 Å². The number of hydrogen-bond donors (Lipinski definition) is 1. The highest BCUT2D eigenvalue weighted by Crippen LogP contribution is 2.33. The Morgan fingerprint density at radius 1 is 0.900 bits per heavy atom. The molecule has 0 saturated carbocycles. The molecule has 0 bridgehead atoms. The molecule has 0 aliphatic carbocycles. The zero-order valence-electron chi connectivity index (χ0n) is 15.3. The third kappa shape index (κ3) is 4.67. The van der Waals surface area contributed by atoms with Gasteiger partial charge in [0.1, 0.15) is 5.02 Å². The van der Waals surface area contributed by atoms with Gasteiger partial charge in [0.2, 0.25) is 0 Å². The standard InChI is InChI=1S/C17H12ClN3O9/c1-29-16(23)8-3-9(17(24)30-2)5-10(4-8)19-15(22)12-6-11(20(25)26)7-13(14(12)18)21(27)28/h3-7H,1-2H3,(H,19,22). The number of methoxy groups -OCH3 is 2. The molecule has 156 valence electrons. The highest BCUT2D eigenvalue weighted by molar-refractivity contribution is 6.36. The van der Waals surface area contributed by atoms with Crippen molar-refractivity contribution in [3.8, 4) is 0 Å². The number of esters is 2. The van der Waals surface area contributed by atoms with Crippen molar-refractivity contribution < 1.29 is 33.7 Å². The molecule has 0 atom stereocenters. The molecule has 0 aliphatic heterocycles. The van der Waals surface area contributed by atoms with Gasteiger partial charge in [0.25, 0.3) is 17.3 Å². The number of carbonyl (C=O) groups excluding carboxylic acids is 3. The maximum absolute atomic E-state index is 12.6. The number of halogens is 1. The zero-order chi connectivity index (χ0) is 22.6. The molecule has 0 fully saturated rings. The summed E-state index contributed by atoms with van der Waals surface area (Å²) in [4.78, 5) is 56.5. The normalized spacial score (nSPS) is 10.1. The summed E-state index contributed by atoms with van der Waals surface area (Å²) < 4.78 is 9.16. The molecule has 2 rings (SSSR count). The van der Waals surface area contributed by atoms with Crippen LogP contribution in [0.25, 0.3) is 0 Å². The van der Waals surface area contributed by atoms with Crippen LogP contribution in [0.2, 0.25) is 5.02 Å². The van der Waals surface area contributed by atoms with Crippen LogP contribution >= 0.6 is 11.6 Å². The molecular weight excluding hydrogens is 426 g/mol. The summed E-state index contributed by atoms with van der Waals surface area (Å²) in [6.45, 7) is 0. The number of rotatable bonds is 6. The van der Waals surface area contributed by atoms with Crippen LogP contribution in [-0.2, 0) is 9.47 Å². The summed E-state index contributed by atoms with van der Waals surface area (Å²) in [6, 6.07) is 4.87. The summed E-state index contributed by atoms with van der Waals surface area (Å²) in [5, 5.41) is 23.8. The summed E-state index contributed by atoms with van der Waals surface area (Å²) in [6.07, 6.45) is 0. The maximum atomic E-state index is 12.6. The van der Waals surface area contributed by atoms with Crippen molar-refractivity contribution in [2.75, 3.05) is 19.5 Å². The molecule has 2 aromatic rings. The Morgan fingerprint density at radius 2 is 1.43 bits per heavy atom. The first kappa shape index (κ1) is 22.2. The average molecular weight is 438 g/mol. The van der Waals surface area contributed by atoms with E-state index in [-0.39, 0.29) is 16.8 Å². The molecule has 12 nitrogen and oxygen atoms in total. The second-order valence-corrected chi connectivity index (χ2v) is 5.95. The lowest BCUT2D eigenvalue weighted by atomic mass is 10.1. The largest absolute Gasteiger partial charge is 0.465 e. The fourth-order valence-corrected chi connectivity index (χ4v) is 2.63. The van der Waals surface area contributed by atoms with E-state index in [0.29, 0.717) is 6.07 Å². The lowest BCUT2D eigenvalue weighted by Crippen LogP contribution is -2.15. The minimum absolute atomic E-state index is 0.0893. The van der Waals surface area contributed by atoms with Crippen molar-refractivity contribution in [2.45, 2.75) is 0 Å². The van der Waals surface area contributed by atoms with Gasteiger partial charge in [-0.05, 0) is 18.2 Å². The van der Waals surface area contributed by atoms with Crippen molar-refractivity contribution in [2.24, 2.45) is 0 Å². The summed E-state index contributed by atoms with van der Waals surface area (Å²) in [7, 11) is 2.21. The highest BCUT2D eigenvalue weighted by atomic mass is 35.5.